The van der Waals surface area contributed by atoms with Crippen molar-refractivity contribution >= 4 is 0 Å². The molecule has 4 rings (SSSR count). The minimum Gasteiger partial charge on any atom is -0.375 e. The van der Waals surface area contributed by atoms with Crippen molar-refractivity contribution in [1.82, 2.24) is 0 Å². The molecule has 0 aromatic carbocycles. The Morgan fingerprint density at radius 3 is 1.88 bits per heavy atom. The van der Waals surface area contributed by atoms with Gasteiger partial charge in [0, 0.05) is 6.61 Å². The molecule has 0 unspecified atom stereocenters. The molecule has 0 aromatic heterocycles. The third-order valence-corrected chi connectivity index (χ3v) is 5.98. The van der Waals surface area contributed by atoms with Crippen LogP contribution in [0.1, 0.15) is 65.7 Å². The molecule has 4 bridgehead atoms. The lowest BCUT2D eigenvalue weighted by Crippen LogP contribution is -2.56. The molecule has 0 atom stereocenters. The fourth-order valence-electron chi connectivity index (χ4n) is 5.36. The van der Waals surface area contributed by atoms with Crippen LogP contribution in [-0.2, 0) is 4.74 Å². The normalized spacial score (nSPS) is 44.3. The average molecular weight is 236 g/mol. The zero-order chi connectivity index (χ0) is 12.1. The Hall–Kier alpha value is -0.0400. The molecular weight excluding hydrogens is 208 g/mol. The fraction of sp³-hybridized carbons (Fsp3) is 1.00. The third-order valence-electron chi connectivity index (χ3n) is 5.98. The maximum absolute atomic E-state index is 6.26. The van der Waals surface area contributed by atoms with Gasteiger partial charge in [-0.1, -0.05) is 6.92 Å². The van der Waals surface area contributed by atoms with Crippen molar-refractivity contribution in [2.24, 2.45) is 23.2 Å². The second kappa shape index (κ2) is 3.98. The maximum atomic E-state index is 6.26. The zero-order valence-corrected chi connectivity index (χ0v) is 11.8. The van der Waals surface area contributed by atoms with Gasteiger partial charge >= 0.3 is 0 Å². The Labute approximate surface area is 106 Å². The van der Waals surface area contributed by atoms with E-state index in [0.717, 1.165) is 30.8 Å². The highest BCUT2D eigenvalue weighted by molar-refractivity contribution is 5.08. The minimum absolute atomic E-state index is 0.110. The van der Waals surface area contributed by atoms with E-state index >= 15 is 0 Å². The summed E-state index contributed by atoms with van der Waals surface area (Å²) in [5.74, 6) is 3.10. The first kappa shape index (κ1) is 12.0. The summed E-state index contributed by atoms with van der Waals surface area (Å²) >= 11 is 0. The van der Waals surface area contributed by atoms with Gasteiger partial charge < -0.3 is 4.74 Å². The molecule has 4 aliphatic rings. The number of hydrogen-bond acceptors (Lipinski definition) is 1. The monoisotopic (exact) mass is 236 g/mol. The van der Waals surface area contributed by atoms with Gasteiger partial charge in [-0.25, -0.2) is 0 Å². The van der Waals surface area contributed by atoms with Crippen molar-refractivity contribution in [1.29, 1.82) is 0 Å². The van der Waals surface area contributed by atoms with Crippen LogP contribution in [0.2, 0.25) is 0 Å². The zero-order valence-electron chi connectivity index (χ0n) is 11.8. The quantitative estimate of drug-likeness (QED) is 0.702. The van der Waals surface area contributed by atoms with Crippen LogP contribution in [0, 0.1) is 23.2 Å². The van der Waals surface area contributed by atoms with Crippen LogP contribution >= 0.6 is 0 Å². The van der Waals surface area contributed by atoms with E-state index in [2.05, 4.69) is 20.8 Å². The van der Waals surface area contributed by atoms with Gasteiger partial charge in [0.05, 0.1) is 5.60 Å². The Morgan fingerprint density at radius 1 is 1.00 bits per heavy atom. The summed E-state index contributed by atoms with van der Waals surface area (Å²) in [5, 5.41) is 0. The van der Waals surface area contributed by atoms with Crippen molar-refractivity contribution in [2.45, 2.75) is 71.3 Å². The Balaban J connectivity index is 1.81. The van der Waals surface area contributed by atoms with Crippen LogP contribution in [0.3, 0.4) is 0 Å². The minimum atomic E-state index is 0.110. The molecule has 0 heterocycles. The van der Waals surface area contributed by atoms with Crippen LogP contribution in [0.4, 0.5) is 0 Å². The molecule has 0 spiro atoms. The highest BCUT2D eigenvalue weighted by atomic mass is 16.5. The third kappa shape index (κ3) is 1.85. The first-order chi connectivity index (χ1) is 8.05. The molecule has 0 radical (unpaired) electrons. The number of hydrogen-bond donors (Lipinski definition) is 0. The van der Waals surface area contributed by atoms with Gasteiger partial charge in [0.2, 0.25) is 0 Å². The van der Waals surface area contributed by atoms with Crippen LogP contribution in [0.25, 0.3) is 0 Å². The molecule has 0 N–H and O–H groups in total. The van der Waals surface area contributed by atoms with Crippen molar-refractivity contribution in [3.63, 3.8) is 0 Å². The second-order valence-electron chi connectivity index (χ2n) is 7.56. The molecule has 4 aliphatic carbocycles. The van der Waals surface area contributed by atoms with Crippen LogP contribution < -0.4 is 0 Å². The summed E-state index contributed by atoms with van der Waals surface area (Å²) in [6, 6.07) is 0. The second-order valence-corrected chi connectivity index (χ2v) is 7.56. The topological polar surface area (TPSA) is 9.23 Å². The van der Waals surface area contributed by atoms with Gasteiger partial charge in [0.25, 0.3) is 0 Å². The van der Waals surface area contributed by atoms with Crippen molar-refractivity contribution < 1.29 is 4.74 Å². The lowest BCUT2D eigenvalue weighted by atomic mass is 9.46. The van der Waals surface area contributed by atoms with Crippen molar-refractivity contribution in [2.75, 3.05) is 6.61 Å². The SMILES string of the molecule is CCCOC(C)(C)C12CC3CC(CC(C3)C1)C2. The summed E-state index contributed by atoms with van der Waals surface area (Å²) in [6.45, 7) is 7.90. The van der Waals surface area contributed by atoms with E-state index in [1.807, 2.05) is 0 Å². The maximum Gasteiger partial charge on any atom is 0.0682 e. The molecule has 0 saturated heterocycles. The van der Waals surface area contributed by atoms with E-state index in [9.17, 15) is 0 Å². The number of rotatable bonds is 4. The molecular formula is C16H28O. The van der Waals surface area contributed by atoms with Gasteiger partial charge in [0.15, 0.2) is 0 Å². The molecule has 98 valence electrons. The van der Waals surface area contributed by atoms with E-state index in [1.54, 1.807) is 0 Å². The summed E-state index contributed by atoms with van der Waals surface area (Å²) in [6.07, 6.45) is 10.1. The van der Waals surface area contributed by atoms with E-state index in [-0.39, 0.29) is 5.60 Å². The van der Waals surface area contributed by atoms with Crippen LogP contribution in [0.15, 0.2) is 0 Å². The van der Waals surface area contributed by atoms with E-state index in [1.165, 1.54) is 38.5 Å². The summed E-state index contributed by atoms with van der Waals surface area (Å²) < 4.78 is 6.26. The predicted molar refractivity (Wildman–Crippen MR) is 70.9 cm³/mol. The molecule has 1 nitrogen and oxygen atoms in total. The van der Waals surface area contributed by atoms with Gasteiger partial charge in [-0.05, 0) is 82.0 Å². The Kier molecular flexibility index (Phi) is 2.81. The molecule has 0 aliphatic heterocycles. The highest BCUT2D eigenvalue weighted by Crippen LogP contribution is 2.64. The molecule has 4 fully saturated rings. The standard InChI is InChI=1S/C16H28O/c1-4-5-17-15(2,3)16-9-12-6-13(10-16)8-14(7-12)11-16/h12-14H,4-11H2,1-3H3. The molecule has 17 heavy (non-hydrogen) atoms. The lowest BCUT2D eigenvalue weighted by molar-refractivity contribution is -0.188. The predicted octanol–water partition coefficient (Wildman–Crippen LogP) is 4.41. The van der Waals surface area contributed by atoms with E-state index in [0.29, 0.717) is 5.41 Å². The van der Waals surface area contributed by atoms with Gasteiger partial charge in [-0.3, -0.25) is 0 Å². The molecule has 0 amide bonds. The Morgan fingerprint density at radius 2 is 1.47 bits per heavy atom. The fourth-order valence-corrected chi connectivity index (χ4v) is 5.36. The van der Waals surface area contributed by atoms with Crippen molar-refractivity contribution in [3.05, 3.63) is 0 Å². The molecule has 1 heteroatoms. The van der Waals surface area contributed by atoms with Crippen LogP contribution in [-0.4, -0.2) is 12.2 Å². The largest absolute Gasteiger partial charge is 0.375 e. The van der Waals surface area contributed by atoms with Gasteiger partial charge in [0.1, 0.15) is 0 Å². The van der Waals surface area contributed by atoms with E-state index < -0.39 is 0 Å². The summed E-state index contributed by atoms with van der Waals surface area (Å²) in [7, 11) is 0. The van der Waals surface area contributed by atoms with Crippen LogP contribution in [0.5, 0.6) is 0 Å². The lowest BCUT2D eigenvalue weighted by Gasteiger charge is -2.62. The van der Waals surface area contributed by atoms with E-state index in [4.69, 9.17) is 4.74 Å². The average Bonchev–Trinajstić information content (AvgIpc) is 2.24. The number of ether oxygens (including phenoxy) is 1. The summed E-state index contributed by atoms with van der Waals surface area (Å²) in [4.78, 5) is 0. The summed E-state index contributed by atoms with van der Waals surface area (Å²) in [5.41, 5.74) is 0.635. The smallest absolute Gasteiger partial charge is 0.0682 e. The Bertz CT molecular complexity index is 257. The molecule has 4 saturated carbocycles. The highest BCUT2D eigenvalue weighted by Gasteiger charge is 2.57. The van der Waals surface area contributed by atoms with Gasteiger partial charge in [-0.2, -0.15) is 0 Å². The van der Waals surface area contributed by atoms with Crippen molar-refractivity contribution in [3.8, 4) is 0 Å². The first-order valence-electron chi connectivity index (χ1n) is 7.68. The van der Waals surface area contributed by atoms with Gasteiger partial charge in [-0.15, -0.1) is 0 Å². The first-order valence-corrected chi connectivity index (χ1v) is 7.68. The molecule has 0 aromatic rings.